The van der Waals surface area contributed by atoms with Crippen molar-refractivity contribution in [2.24, 2.45) is 5.92 Å². The zero-order chi connectivity index (χ0) is 17.4. The molecule has 3 fully saturated rings. The molecule has 2 heterocycles. The molecule has 2 aliphatic heterocycles. The maximum atomic E-state index is 12.5. The third kappa shape index (κ3) is 3.55. The number of benzene rings is 1. The van der Waals surface area contributed by atoms with Crippen LogP contribution in [0, 0.1) is 5.92 Å². The molecular formula is C21H30N2O2. The van der Waals surface area contributed by atoms with Crippen molar-refractivity contribution in [3.63, 3.8) is 0 Å². The van der Waals surface area contributed by atoms with Crippen LogP contribution in [-0.4, -0.2) is 47.7 Å². The molecule has 2 saturated heterocycles. The van der Waals surface area contributed by atoms with Crippen LogP contribution in [0.15, 0.2) is 24.3 Å². The number of likely N-dealkylation sites (tertiary alicyclic amines) is 1. The van der Waals surface area contributed by atoms with E-state index in [2.05, 4.69) is 29.2 Å². The SMILES string of the molecule is CC1(O)CC(C(=O)N2CCC(c3cccc(N4CCCC4)c3)CC2)C1. The maximum absolute atomic E-state index is 12.5. The Bertz CT molecular complexity index is 621. The first-order valence-corrected chi connectivity index (χ1v) is 9.88. The van der Waals surface area contributed by atoms with Gasteiger partial charge in [0.1, 0.15) is 0 Å². The summed E-state index contributed by atoms with van der Waals surface area (Å²) in [4.78, 5) is 17.1. The third-order valence-corrected chi connectivity index (χ3v) is 6.34. The molecule has 1 aromatic carbocycles. The number of carbonyl (C=O) groups excluding carboxylic acids is 1. The van der Waals surface area contributed by atoms with Gasteiger partial charge in [-0.2, -0.15) is 0 Å². The molecule has 136 valence electrons. The van der Waals surface area contributed by atoms with Gasteiger partial charge in [0.15, 0.2) is 0 Å². The van der Waals surface area contributed by atoms with E-state index in [0.717, 1.165) is 25.9 Å². The highest BCUT2D eigenvalue weighted by atomic mass is 16.3. The zero-order valence-corrected chi connectivity index (χ0v) is 15.3. The van der Waals surface area contributed by atoms with E-state index in [9.17, 15) is 9.90 Å². The second-order valence-electron chi connectivity index (χ2n) is 8.49. The summed E-state index contributed by atoms with van der Waals surface area (Å²) in [6.45, 7) is 5.91. The first-order valence-electron chi connectivity index (χ1n) is 9.88. The van der Waals surface area contributed by atoms with Crippen LogP contribution in [0.5, 0.6) is 0 Å². The zero-order valence-electron chi connectivity index (χ0n) is 15.3. The van der Waals surface area contributed by atoms with Gasteiger partial charge in [0.2, 0.25) is 5.91 Å². The molecule has 0 aromatic heterocycles. The van der Waals surface area contributed by atoms with Crippen molar-refractivity contribution >= 4 is 11.6 Å². The molecule has 0 bridgehead atoms. The quantitative estimate of drug-likeness (QED) is 0.918. The molecule has 0 spiro atoms. The lowest BCUT2D eigenvalue weighted by atomic mass is 9.71. The Morgan fingerprint density at radius 3 is 2.44 bits per heavy atom. The predicted molar refractivity (Wildman–Crippen MR) is 99.8 cm³/mol. The van der Waals surface area contributed by atoms with E-state index < -0.39 is 5.60 Å². The topological polar surface area (TPSA) is 43.8 Å². The average Bonchev–Trinajstić information content (AvgIpc) is 3.14. The minimum atomic E-state index is -0.616. The summed E-state index contributed by atoms with van der Waals surface area (Å²) in [6.07, 6.45) is 5.97. The summed E-state index contributed by atoms with van der Waals surface area (Å²) in [7, 11) is 0. The number of hydrogen-bond acceptors (Lipinski definition) is 3. The molecule has 4 nitrogen and oxygen atoms in total. The maximum Gasteiger partial charge on any atom is 0.225 e. The van der Waals surface area contributed by atoms with Gasteiger partial charge in [0.05, 0.1) is 5.60 Å². The molecule has 0 radical (unpaired) electrons. The van der Waals surface area contributed by atoms with Crippen molar-refractivity contribution in [3.8, 4) is 0 Å². The van der Waals surface area contributed by atoms with Crippen LogP contribution in [0.1, 0.15) is 56.9 Å². The van der Waals surface area contributed by atoms with Gasteiger partial charge in [-0.1, -0.05) is 12.1 Å². The van der Waals surface area contributed by atoms with Gasteiger partial charge in [0, 0.05) is 37.8 Å². The molecule has 0 unspecified atom stereocenters. The van der Waals surface area contributed by atoms with E-state index in [1.54, 1.807) is 0 Å². The molecule has 1 aromatic rings. The summed E-state index contributed by atoms with van der Waals surface area (Å²) >= 11 is 0. The number of aliphatic hydroxyl groups is 1. The van der Waals surface area contributed by atoms with Crippen LogP contribution < -0.4 is 4.90 Å². The predicted octanol–water partition coefficient (Wildman–Crippen LogP) is 3.15. The van der Waals surface area contributed by atoms with Gasteiger partial charge in [0.25, 0.3) is 0 Å². The molecule has 1 aliphatic carbocycles. The van der Waals surface area contributed by atoms with Crippen molar-refractivity contribution in [2.45, 2.75) is 57.0 Å². The Balaban J connectivity index is 1.34. The Morgan fingerprint density at radius 2 is 1.80 bits per heavy atom. The van der Waals surface area contributed by atoms with Crippen molar-refractivity contribution in [1.82, 2.24) is 4.90 Å². The molecular weight excluding hydrogens is 312 g/mol. The molecule has 0 atom stereocenters. The Morgan fingerprint density at radius 1 is 1.12 bits per heavy atom. The van der Waals surface area contributed by atoms with Gasteiger partial charge in [-0.3, -0.25) is 4.79 Å². The Labute approximate surface area is 150 Å². The van der Waals surface area contributed by atoms with E-state index in [0.29, 0.717) is 18.8 Å². The van der Waals surface area contributed by atoms with Crippen molar-refractivity contribution in [2.75, 3.05) is 31.1 Å². The number of carbonyl (C=O) groups is 1. The second-order valence-corrected chi connectivity index (χ2v) is 8.49. The van der Waals surface area contributed by atoms with Gasteiger partial charge < -0.3 is 14.9 Å². The largest absolute Gasteiger partial charge is 0.390 e. The fraction of sp³-hybridized carbons (Fsp3) is 0.667. The van der Waals surface area contributed by atoms with Crippen LogP contribution >= 0.6 is 0 Å². The molecule has 1 amide bonds. The fourth-order valence-corrected chi connectivity index (χ4v) is 4.82. The number of nitrogens with zero attached hydrogens (tertiary/aromatic N) is 2. The smallest absolute Gasteiger partial charge is 0.225 e. The molecule has 1 saturated carbocycles. The number of piperidine rings is 1. The van der Waals surface area contributed by atoms with Crippen LogP contribution in [0.3, 0.4) is 0 Å². The van der Waals surface area contributed by atoms with Gasteiger partial charge >= 0.3 is 0 Å². The van der Waals surface area contributed by atoms with Crippen molar-refractivity contribution in [1.29, 1.82) is 0 Å². The molecule has 1 N–H and O–H groups in total. The lowest BCUT2D eigenvalue weighted by Crippen LogP contribution is -2.51. The van der Waals surface area contributed by atoms with Gasteiger partial charge in [-0.05, 0) is 69.1 Å². The first kappa shape index (κ1) is 16.9. The highest BCUT2D eigenvalue weighted by molar-refractivity contribution is 5.80. The van der Waals surface area contributed by atoms with Crippen LogP contribution in [0.25, 0.3) is 0 Å². The van der Waals surface area contributed by atoms with E-state index in [4.69, 9.17) is 0 Å². The van der Waals surface area contributed by atoms with Crippen molar-refractivity contribution < 1.29 is 9.90 Å². The van der Waals surface area contributed by atoms with Crippen LogP contribution in [0.2, 0.25) is 0 Å². The average molecular weight is 342 g/mol. The summed E-state index contributed by atoms with van der Waals surface area (Å²) in [5, 5.41) is 9.86. The third-order valence-electron chi connectivity index (χ3n) is 6.34. The lowest BCUT2D eigenvalue weighted by Gasteiger charge is -2.43. The lowest BCUT2D eigenvalue weighted by molar-refractivity contribution is -0.150. The highest BCUT2D eigenvalue weighted by Gasteiger charge is 2.44. The fourth-order valence-electron chi connectivity index (χ4n) is 4.82. The van der Waals surface area contributed by atoms with Crippen LogP contribution in [-0.2, 0) is 4.79 Å². The first-order chi connectivity index (χ1) is 12.0. The second kappa shape index (κ2) is 6.64. The minimum Gasteiger partial charge on any atom is -0.390 e. The summed E-state index contributed by atoms with van der Waals surface area (Å²) in [5.74, 6) is 0.872. The van der Waals surface area contributed by atoms with E-state index in [-0.39, 0.29) is 11.8 Å². The van der Waals surface area contributed by atoms with E-state index in [1.807, 2.05) is 11.8 Å². The molecule has 4 heteroatoms. The summed E-state index contributed by atoms with van der Waals surface area (Å²) < 4.78 is 0. The Hall–Kier alpha value is -1.55. The molecule has 4 rings (SSSR count). The normalized spacial score (nSPS) is 30.4. The number of rotatable bonds is 3. The molecule has 25 heavy (non-hydrogen) atoms. The van der Waals surface area contributed by atoms with Crippen molar-refractivity contribution in [3.05, 3.63) is 29.8 Å². The molecule has 3 aliphatic rings. The summed E-state index contributed by atoms with van der Waals surface area (Å²) in [5.41, 5.74) is 2.18. The number of anilines is 1. The number of amides is 1. The standard InChI is InChI=1S/C21H30N2O2/c1-21(25)14-18(15-21)20(24)23-11-7-16(8-12-23)17-5-4-6-19(13-17)22-9-2-3-10-22/h4-6,13,16,18,25H,2-3,7-12,14-15H2,1H3. The van der Waals surface area contributed by atoms with Gasteiger partial charge in [-0.15, -0.1) is 0 Å². The van der Waals surface area contributed by atoms with Gasteiger partial charge in [-0.25, -0.2) is 0 Å². The summed E-state index contributed by atoms with van der Waals surface area (Å²) in [6, 6.07) is 9.05. The minimum absolute atomic E-state index is 0.0463. The van der Waals surface area contributed by atoms with E-state index in [1.165, 1.54) is 37.2 Å². The Kier molecular flexibility index (Phi) is 4.48. The van der Waals surface area contributed by atoms with Crippen LogP contribution in [0.4, 0.5) is 5.69 Å². The number of hydrogen-bond donors (Lipinski definition) is 1. The monoisotopic (exact) mass is 342 g/mol. The van der Waals surface area contributed by atoms with E-state index >= 15 is 0 Å². The highest BCUT2D eigenvalue weighted by Crippen LogP contribution is 2.39.